The van der Waals surface area contributed by atoms with Gasteiger partial charge < -0.3 is 10.6 Å². The summed E-state index contributed by atoms with van der Waals surface area (Å²) in [5.41, 5.74) is 5.53. The molecule has 2 fully saturated rings. The third-order valence-electron chi connectivity index (χ3n) is 3.51. The van der Waals surface area contributed by atoms with Crippen molar-refractivity contribution in [3.8, 4) is 0 Å². The van der Waals surface area contributed by atoms with Crippen LogP contribution in [0.4, 0.5) is 0 Å². The Hall–Kier alpha value is 0.230. The molecule has 2 N–H and O–H groups in total. The summed E-state index contributed by atoms with van der Waals surface area (Å²) in [4.78, 5) is 5.25. The first-order valence-electron chi connectivity index (χ1n) is 6.14. The van der Waals surface area contributed by atoms with Gasteiger partial charge >= 0.3 is 0 Å². The van der Waals surface area contributed by atoms with Crippen molar-refractivity contribution < 1.29 is 0 Å². The van der Waals surface area contributed by atoms with Crippen LogP contribution in [0.25, 0.3) is 0 Å². The second-order valence-corrected chi connectivity index (χ2v) is 5.69. The SMILES string of the molecule is NCCCN1CCN([C@@H]2CCSC2)CC1. The van der Waals surface area contributed by atoms with E-state index in [9.17, 15) is 0 Å². The van der Waals surface area contributed by atoms with E-state index >= 15 is 0 Å². The number of hydrogen-bond acceptors (Lipinski definition) is 4. The first-order valence-corrected chi connectivity index (χ1v) is 7.30. The molecule has 3 nitrogen and oxygen atoms in total. The fourth-order valence-electron chi connectivity index (χ4n) is 2.48. The highest BCUT2D eigenvalue weighted by molar-refractivity contribution is 7.99. The Bertz CT molecular complexity index is 175. The maximum Gasteiger partial charge on any atom is 0.0195 e. The first-order chi connectivity index (χ1) is 7.40. The third kappa shape index (κ3) is 3.34. The molecule has 2 aliphatic rings. The van der Waals surface area contributed by atoms with Gasteiger partial charge in [0.05, 0.1) is 0 Å². The fourth-order valence-corrected chi connectivity index (χ4v) is 3.73. The van der Waals surface area contributed by atoms with Gasteiger partial charge in [-0.2, -0.15) is 11.8 Å². The van der Waals surface area contributed by atoms with Gasteiger partial charge in [0, 0.05) is 38.0 Å². The van der Waals surface area contributed by atoms with Gasteiger partial charge in [-0.1, -0.05) is 0 Å². The predicted molar refractivity (Wildman–Crippen MR) is 67.4 cm³/mol. The Labute approximate surface area is 97.4 Å². The lowest BCUT2D eigenvalue weighted by atomic mass is 10.2. The van der Waals surface area contributed by atoms with Crippen LogP contribution in [0.15, 0.2) is 0 Å². The van der Waals surface area contributed by atoms with Crippen LogP contribution in [0.2, 0.25) is 0 Å². The summed E-state index contributed by atoms with van der Waals surface area (Å²) < 4.78 is 0. The quantitative estimate of drug-likeness (QED) is 0.759. The molecule has 2 rings (SSSR count). The van der Waals surface area contributed by atoms with Crippen molar-refractivity contribution in [3.63, 3.8) is 0 Å². The van der Waals surface area contributed by atoms with E-state index in [1.165, 1.54) is 50.7 Å². The zero-order chi connectivity index (χ0) is 10.5. The summed E-state index contributed by atoms with van der Waals surface area (Å²) in [5, 5.41) is 0. The van der Waals surface area contributed by atoms with E-state index in [-0.39, 0.29) is 0 Å². The first kappa shape index (κ1) is 11.7. The highest BCUT2D eigenvalue weighted by Crippen LogP contribution is 2.23. The second kappa shape index (κ2) is 6.09. The van der Waals surface area contributed by atoms with Crippen LogP contribution in [0.3, 0.4) is 0 Å². The average molecular weight is 229 g/mol. The highest BCUT2D eigenvalue weighted by atomic mass is 32.2. The van der Waals surface area contributed by atoms with Crippen molar-refractivity contribution in [2.75, 3.05) is 50.8 Å². The maximum atomic E-state index is 5.53. The summed E-state index contributed by atoms with van der Waals surface area (Å²) in [6.45, 7) is 7.08. The third-order valence-corrected chi connectivity index (χ3v) is 4.65. The van der Waals surface area contributed by atoms with Gasteiger partial charge in [0.15, 0.2) is 0 Å². The molecule has 1 atom stereocenters. The molecule has 0 saturated carbocycles. The standard InChI is InChI=1S/C11H23N3S/c12-3-1-4-13-5-7-14(8-6-13)11-2-9-15-10-11/h11H,1-10,12H2/t11-/m1/s1. The van der Waals surface area contributed by atoms with Crippen LogP contribution >= 0.6 is 11.8 Å². The topological polar surface area (TPSA) is 32.5 Å². The van der Waals surface area contributed by atoms with E-state index in [4.69, 9.17) is 5.73 Å². The Kier molecular flexibility index (Phi) is 4.75. The molecule has 0 aromatic rings. The maximum absolute atomic E-state index is 5.53. The molecular weight excluding hydrogens is 206 g/mol. The van der Waals surface area contributed by atoms with Gasteiger partial charge in [-0.3, -0.25) is 4.90 Å². The van der Waals surface area contributed by atoms with Crippen molar-refractivity contribution in [3.05, 3.63) is 0 Å². The second-order valence-electron chi connectivity index (χ2n) is 4.54. The molecule has 2 heterocycles. The van der Waals surface area contributed by atoms with E-state index in [2.05, 4.69) is 21.6 Å². The number of nitrogens with two attached hydrogens (primary N) is 1. The van der Waals surface area contributed by atoms with E-state index in [1.54, 1.807) is 0 Å². The van der Waals surface area contributed by atoms with Crippen LogP contribution in [-0.2, 0) is 0 Å². The summed E-state index contributed by atoms with van der Waals surface area (Å²) in [6, 6.07) is 0.881. The van der Waals surface area contributed by atoms with Crippen LogP contribution in [0.5, 0.6) is 0 Å². The van der Waals surface area contributed by atoms with E-state index in [0.29, 0.717) is 0 Å². The number of rotatable bonds is 4. The van der Waals surface area contributed by atoms with Crippen molar-refractivity contribution in [1.82, 2.24) is 9.80 Å². The molecule has 4 heteroatoms. The largest absolute Gasteiger partial charge is 0.330 e. The molecule has 0 aliphatic carbocycles. The Morgan fingerprint density at radius 3 is 2.60 bits per heavy atom. The smallest absolute Gasteiger partial charge is 0.0195 e. The zero-order valence-electron chi connectivity index (χ0n) is 9.53. The average Bonchev–Trinajstić information content (AvgIpc) is 2.80. The monoisotopic (exact) mass is 229 g/mol. The molecule has 0 bridgehead atoms. The van der Waals surface area contributed by atoms with Crippen LogP contribution in [-0.4, -0.2) is 66.6 Å². The lowest BCUT2D eigenvalue weighted by molar-refractivity contribution is 0.104. The molecule has 0 radical (unpaired) electrons. The zero-order valence-corrected chi connectivity index (χ0v) is 10.3. The van der Waals surface area contributed by atoms with Gasteiger partial charge in [0.1, 0.15) is 0 Å². The highest BCUT2D eigenvalue weighted by Gasteiger charge is 2.25. The van der Waals surface area contributed by atoms with Gasteiger partial charge in [-0.15, -0.1) is 0 Å². The molecule has 0 aromatic heterocycles. The van der Waals surface area contributed by atoms with Gasteiger partial charge in [0.2, 0.25) is 0 Å². The van der Waals surface area contributed by atoms with Crippen molar-refractivity contribution >= 4 is 11.8 Å². The number of thioether (sulfide) groups is 1. The molecule has 2 aliphatic heterocycles. The lowest BCUT2D eigenvalue weighted by Gasteiger charge is -2.37. The summed E-state index contributed by atoms with van der Waals surface area (Å²) in [6.07, 6.45) is 2.56. The van der Waals surface area contributed by atoms with Crippen molar-refractivity contribution in [2.24, 2.45) is 5.73 Å². The lowest BCUT2D eigenvalue weighted by Crippen LogP contribution is -2.50. The minimum Gasteiger partial charge on any atom is -0.330 e. The van der Waals surface area contributed by atoms with E-state index < -0.39 is 0 Å². The predicted octanol–water partition coefficient (Wildman–Crippen LogP) is 0.458. The molecule has 15 heavy (non-hydrogen) atoms. The Balaban J connectivity index is 1.67. The summed E-state index contributed by atoms with van der Waals surface area (Å²) in [5.74, 6) is 2.74. The number of nitrogens with zero attached hydrogens (tertiary/aromatic N) is 2. The van der Waals surface area contributed by atoms with Crippen molar-refractivity contribution in [1.29, 1.82) is 0 Å². The molecule has 0 amide bonds. The molecule has 0 spiro atoms. The fraction of sp³-hybridized carbons (Fsp3) is 1.00. The van der Waals surface area contributed by atoms with Gasteiger partial charge in [0.25, 0.3) is 0 Å². The minimum atomic E-state index is 0.833. The molecular formula is C11H23N3S. The number of hydrogen-bond donors (Lipinski definition) is 1. The normalized spacial score (nSPS) is 29.8. The van der Waals surface area contributed by atoms with Crippen LogP contribution in [0.1, 0.15) is 12.8 Å². The van der Waals surface area contributed by atoms with E-state index in [0.717, 1.165) is 19.0 Å². The van der Waals surface area contributed by atoms with Crippen molar-refractivity contribution in [2.45, 2.75) is 18.9 Å². The molecule has 0 unspecified atom stereocenters. The van der Waals surface area contributed by atoms with Gasteiger partial charge in [-0.25, -0.2) is 0 Å². The van der Waals surface area contributed by atoms with E-state index in [1.807, 2.05) is 0 Å². The number of piperazine rings is 1. The molecule has 2 saturated heterocycles. The molecule has 88 valence electrons. The Morgan fingerprint density at radius 1 is 1.20 bits per heavy atom. The minimum absolute atomic E-state index is 0.833. The summed E-state index contributed by atoms with van der Waals surface area (Å²) >= 11 is 2.12. The summed E-state index contributed by atoms with van der Waals surface area (Å²) in [7, 11) is 0. The van der Waals surface area contributed by atoms with Gasteiger partial charge in [-0.05, 0) is 31.7 Å². The Morgan fingerprint density at radius 2 is 2.00 bits per heavy atom. The van der Waals surface area contributed by atoms with Crippen LogP contribution in [0, 0.1) is 0 Å². The van der Waals surface area contributed by atoms with Crippen LogP contribution < -0.4 is 5.73 Å². The molecule has 0 aromatic carbocycles.